The first-order valence-corrected chi connectivity index (χ1v) is 6.30. The summed E-state index contributed by atoms with van der Waals surface area (Å²) in [6.07, 6.45) is 0.902. The summed E-state index contributed by atoms with van der Waals surface area (Å²) in [7, 11) is 3.51. The maximum absolute atomic E-state index is 5.66. The van der Waals surface area contributed by atoms with Crippen LogP contribution in [-0.2, 0) is 0 Å². The molecule has 0 saturated carbocycles. The summed E-state index contributed by atoms with van der Waals surface area (Å²) < 4.78 is 10.9. The lowest BCUT2D eigenvalue weighted by molar-refractivity contribution is 0.405. The third-order valence-corrected chi connectivity index (χ3v) is 3.42. The Morgan fingerprint density at radius 3 is 3.00 bits per heavy atom. The molecule has 0 aliphatic heterocycles. The fourth-order valence-electron chi connectivity index (χ4n) is 1.58. The lowest BCUT2D eigenvalue weighted by Gasteiger charge is -2.07. The zero-order chi connectivity index (χ0) is 12.3. The number of aromatic nitrogens is 2. The van der Waals surface area contributed by atoms with E-state index >= 15 is 0 Å². The van der Waals surface area contributed by atoms with Gasteiger partial charge in [-0.15, -0.1) is 21.5 Å². The minimum Gasteiger partial charge on any atom is -0.495 e. The number of ether oxygens (including phenoxy) is 1. The number of methoxy groups -OCH3 is 1. The summed E-state index contributed by atoms with van der Waals surface area (Å²) in [4.78, 5) is 0.872. The van der Waals surface area contributed by atoms with Crippen molar-refractivity contribution in [2.45, 2.75) is 19.4 Å². The minimum absolute atomic E-state index is 0.0993. The molecule has 0 fully saturated rings. The lowest BCUT2D eigenvalue weighted by atomic mass is 10.2. The molecule has 0 aliphatic carbocycles. The van der Waals surface area contributed by atoms with Gasteiger partial charge in [0.25, 0.3) is 5.89 Å². The van der Waals surface area contributed by atoms with Crippen LogP contribution in [-0.4, -0.2) is 24.4 Å². The van der Waals surface area contributed by atoms with E-state index in [9.17, 15) is 0 Å². The molecule has 0 amide bonds. The largest absolute Gasteiger partial charge is 0.495 e. The van der Waals surface area contributed by atoms with Gasteiger partial charge in [-0.2, -0.15) is 0 Å². The maximum Gasteiger partial charge on any atom is 0.261 e. The van der Waals surface area contributed by atoms with Gasteiger partial charge in [0, 0.05) is 0 Å². The normalized spacial score (nSPS) is 12.6. The molecule has 1 N–H and O–H groups in total. The van der Waals surface area contributed by atoms with Gasteiger partial charge in [-0.1, -0.05) is 6.92 Å². The van der Waals surface area contributed by atoms with Crippen LogP contribution in [0.1, 0.15) is 25.3 Å². The molecule has 2 heterocycles. The molecule has 0 aliphatic rings. The molecule has 2 rings (SSSR count). The second kappa shape index (κ2) is 5.29. The molecule has 0 aromatic carbocycles. The Morgan fingerprint density at radius 1 is 1.53 bits per heavy atom. The zero-order valence-corrected chi connectivity index (χ0v) is 10.9. The molecule has 2 aromatic heterocycles. The first-order chi connectivity index (χ1) is 8.30. The van der Waals surface area contributed by atoms with Gasteiger partial charge in [0.05, 0.1) is 13.2 Å². The summed E-state index contributed by atoms with van der Waals surface area (Å²) in [5.41, 5.74) is 0. The first kappa shape index (κ1) is 12.1. The van der Waals surface area contributed by atoms with Crippen LogP contribution in [0.5, 0.6) is 5.75 Å². The van der Waals surface area contributed by atoms with Gasteiger partial charge in [0.2, 0.25) is 5.89 Å². The van der Waals surface area contributed by atoms with Crippen molar-refractivity contribution in [1.29, 1.82) is 0 Å². The van der Waals surface area contributed by atoms with E-state index in [0.717, 1.165) is 17.0 Å². The predicted molar refractivity (Wildman–Crippen MR) is 66.3 cm³/mol. The molecular formula is C11H15N3O2S. The Hall–Kier alpha value is -1.40. The van der Waals surface area contributed by atoms with Gasteiger partial charge < -0.3 is 14.5 Å². The number of rotatable bonds is 5. The van der Waals surface area contributed by atoms with E-state index in [2.05, 4.69) is 22.4 Å². The third kappa shape index (κ3) is 2.32. The fourth-order valence-corrected chi connectivity index (χ4v) is 2.36. The number of nitrogens with one attached hydrogen (secondary N) is 1. The summed E-state index contributed by atoms with van der Waals surface area (Å²) in [5.74, 6) is 1.89. The van der Waals surface area contributed by atoms with Gasteiger partial charge >= 0.3 is 0 Å². The molecule has 5 nitrogen and oxygen atoms in total. The van der Waals surface area contributed by atoms with Crippen LogP contribution in [0.15, 0.2) is 15.9 Å². The van der Waals surface area contributed by atoms with E-state index in [4.69, 9.17) is 9.15 Å². The van der Waals surface area contributed by atoms with E-state index in [1.54, 1.807) is 7.11 Å². The van der Waals surface area contributed by atoms with E-state index < -0.39 is 0 Å². The average Bonchev–Trinajstić information content (AvgIpc) is 2.98. The third-order valence-electron chi connectivity index (χ3n) is 2.54. The molecule has 0 saturated heterocycles. The highest BCUT2D eigenvalue weighted by atomic mass is 32.1. The topological polar surface area (TPSA) is 60.2 Å². The Balaban J connectivity index is 2.29. The van der Waals surface area contributed by atoms with Crippen LogP contribution >= 0.6 is 11.3 Å². The Morgan fingerprint density at radius 2 is 2.35 bits per heavy atom. The molecule has 92 valence electrons. The highest BCUT2D eigenvalue weighted by molar-refractivity contribution is 7.13. The van der Waals surface area contributed by atoms with Gasteiger partial charge in [0.1, 0.15) is 10.6 Å². The number of thiophene rings is 1. The maximum atomic E-state index is 5.66. The molecule has 6 heteroatoms. The smallest absolute Gasteiger partial charge is 0.261 e. The highest BCUT2D eigenvalue weighted by Gasteiger charge is 2.18. The van der Waals surface area contributed by atoms with Crippen molar-refractivity contribution in [3.63, 3.8) is 0 Å². The summed E-state index contributed by atoms with van der Waals surface area (Å²) in [6, 6.07) is 1.99. The second-order valence-electron chi connectivity index (χ2n) is 3.51. The van der Waals surface area contributed by atoms with Crippen LogP contribution < -0.4 is 10.1 Å². The minimum atomic E-state index is 0.0993. The van der Waals surface area contributed by atoms with Crippen molar-refractivity contribution < 1.29 is 9.15 Å². The fraction of sp³-hybridized carbons (Fsp3) is 0.455. The first-order valence-electron chi connectivity index (χ1n) is 5.42. The SMILES string of the molecule is CCC(NC)c1nnc(-c2sccc2OC)o1. The molecular weight excluding hydrogens is 238 g/mol. The monoisotopic (exact) mass is 253 g/mol. The van der Waals surface area contributed by atoms with Crippen molar-refractivity contribution in [3.05, 3.63) is 17.3 Å². The predicted octanol–water partition coefficient (Wildman–Crippen LogP) is 2.48. The van der Waals surface area contributed by atoms with E-state index in [1.807, 2.05) is 18.5 Å². The van der Waals surface area contributed by atoms with Gasteiger partial charge in [-0.05, 0) is 24.9 Å². The summed E-state index contributed by atoms with van der Waals surface area (Å²) in [5, 5.41) is 13.2. The Bertz CT molecular complexity index is 477. The highest BCUT2D eigenvalue weighted by Crippen LogP contribution is 2.34. The lowest BCUT2D eigenvalue weighted by Crippen LogP contribution is -2.15. The molecule has 17 heavy (non-hydrogen) atoms. The molecule has 0 bridgehead atoms. The molecule has 1 atom stereocenters. The quantitative estimate of drug-likeness (QED) is 0.887. The standard InChI is InChI=1S/C11H15N3O2S/c1-4-7(12-2)10-13-14-11(16-10)9-8(15-3)5-6-17-9/h5-7,12H,4H2,1-3H3. The Labute approximate surface area is 104 Å². The molecule has 2 aromatic rings. The van der Waals surface area contributed by atoms with Crippen molar-refractivity contribution in [3.8, 4) is 16.5 Å². The number of hydrogen-bond acceptors (Lipinski definition) is 6. The number of hydrogen-bond donors (Lipinski definition) is 1. The summed E-state index contributed by atoms with van der Waals surface area (Å²) in [6.45, 7) is 2.07. The van der Waals surface area contributed by atoms with Crippen LogP contribution in [0.25, 0.3) is 10.8 Å². The molecule has 1 unspecified atom stereocenters. The van der Waals surface area contributed by atoms with Crippen molar-refractivity contribution in [2.24, 2.45) is 0 Å². The van der Waals surface area contributed by atoms with Gasteiger partial charge in [-0.3, -0.25) is 0 Å². The average molecular weight is 253 g/mol. The van der Waals surface area contributed by atoms with Crippen molar-refractivity contribution in [1.82, 2.24) is 15.5 Å². The Kier molecular flexibility index (Phi) is 3.75. The van der Waals surface area contributed by atoms with Crippen molar-refractivity contribution >= 4 is 11.3 Å². The second-order valence-corrected chi connectivity index (χ2v) is 4.43. The van der Waals surface area contributed by atoms with Crippen LogP contribution in [0.2, 0.25) is 0 Å². The zero-order valence-electron chi connectivity index (χ0n) is 10.1. The van der Waals surface area contributed by atoms with Crippen LogP contribution in [0.3, 0.4) is 0 Å². The van der Waals surface area contributed by atoms with Gasteiger partial charge in [-0.25, -0.2) is 0 Å². The number of nitrogens with zero attached hydrogens (tertiary/aromatic N) is 2. The van der Waals surface area contributed by atoms with Crippen molar-refractivity contribution in [2.75, 3.05) is 14.2 Å². The van der Waals surface area contributed by atoms with Crippen LogP contribution in [0.4, 0.5) is 0 Å². The van der Waals surface area contributed by atoms with E-state index in [-0.39, 0.29) is 6.04 Å². The van der Waals surface area contributed by atoms with E-state index in [1.165, 1.54) is 11.3 Å². The summed E-state index contributed by atoms with van der Waals surface area (Å²) >= 11 is 1.53. The van der Waals surface area contributed by atoms with Gasteiger partial charge in [0.15, 0.2) is 0 Å². The molecule has 0 spiro atoms. The van der Waals surface area contributed by atoms with E-state index in [0.29, 0.717) is 11.8 Å². The van der Waals surface area contributed by atoms with Crippen LogP contribution in [0, 0.1) is 0 Å². The molecule has 0 radical (unpaired) electrons.